The average Bonchev–Trinajstić information content (AvgIpc) is 2.23. The van der Waals surface area contributed by atoms with Crippen LogP contribution in [0.25, 0.3) is 0 Å². The summed E-state index contributed by atoms with van der Waals surface area (Å²) in [5, 5.41) is 3.35. The van der Waals surface area contributed by atoms with Crippen LogP contribution in [0.2, 0.25) is 0 Å². The van der Waals surface area contributed by atoms with Crippen LogP contribution in [0.4, 0.5) is 5.69 Å². The summed E-state index contributed by atoms with van der Waals surface area (Å²) < 4.78 is 11.6. The molecule has 0 aliphatic carbocycles. The molecule has 1 rings (SSSR count). The molecule has 0 aliphatic rings. The number of hydrogen-bond donors (Lipinski definition) is 1. The van der Waals surface area contributed by atoms with Gasteiger partial charge in [-0.1, -0.05) is 12.1 Å². The molecule has 1 aromatic carbocycles. The van der Waals surface area contributed by atoms with E-state index in [0.717, 1.165) is 5.69 Å². The monoisotopic (exact) mass is 321 g/mol. The topological polar surface area (TPSA) is 30.5 Å². The summed E-state index contributed by atoms with van der Waals surface area (Å²) in [7, 11) is 3.28. The minimum atomic E-state index is -0.235. The second kappa shape index (κ2) is 6.30. The summed E-state index contributed by atoms with van der Waals surface area (Å²) in [5.41, 5.74) is 1.10. The number of rotatable bonds is 5. The van der Waals surface area contributed by atoms with Crippen LogP contribution in [0.1, 0.15) is 6.92 Å². The van der Waals surface area contributed by atoms with E-state index in [9.17, 15) is 0 Å². The van der Waals surface area contributed by atoms with E-state index in [4.69, 9.17) is 9.47 Å². The van der Waals surface area contributed by atoms with Crippen molar-refractivity contribution in [2.45, 2.75) is 19.3 Å². The van der Waals surface area contributed by atoms with Gasteiger partial charge in [-0.2, -0.15) is 0 Å². The summed E-state index contributed by atoms with van der Waals surface area (Å²) in [6, 6.07) is 8.23. The molecule has 0 bridgehead atoms. The lowest BCUT2D eigenvalue weighted by atomic mass is 10.2. The summed E-state index contributed by atoms with van der Waals surface area (Å²) >= 11 is 2.30. The van der Waals surface area contributed by atoms with Gasteiger partial charge in [0.15, 0.2) is 6.29 Å². The Bertz CT molecular complexity index is 302. The largest absolute Gasteiger partial charge is 0.377 e. The summed E-state index contributed by atoms with van der Waals surface area (Å²) in [5.74, 6) is 0. The summed E-state index contributed by atoms with van der Waals surface area (Å²) in [4.78, 5) is 0. The van der Waals surface area contributed by atoms with Crippen molar-refractivity contribution in [2.75, 3.05) is 19.5 Å². The van der Waals surface area contributed by atoms with Crippen LogP contribution in [0, 0.1) is 3.57 Å². The molecule has 0 heterocycles. The Hall–Kier alpha value is -0.330. The lowest BCUT2D eigenvalue weighted by Crippen LogP contribution is -2.33. The van der Waals surface area contributed by atoms with Crippen LogP contribution in [0.5, 0.6) is 0 Å². The number of nitrogens with one attached hydrogen (secondary N) is 1. The first kappa shape index (κ1) is 12.7. The van der Waals surface area contributed by atoms with Gasteiger partial charge in [-0.3, -0.25) is 0 Å². The van der Waals surface area contributed by atoms with Crippen molar-refractivity contribution in [2.24, 2.45) is 0 Å². The molecule has 84 valence electrons. The standard InChI is InChI=1S/C11H16INO2/c1-8(11(14-2)15-3)13-10-7-5-4-6-9(10)12/h4-8,11,13H,1-3H3. The van der Waals surface area contributed by atoms with E-state index in [1.165, 1.54) is 3.57 Å². The van der Waals surface area contributed by atoms with Gasteiger partial charge >= 0.3 is 0 Å². The lowest BCUT2D eigenvalue weighted by molar-refractivity contribution is -0.109. The molecule has 1 atom stereocenters. The highest BCUT2D eigenvalue weighted by Gasteiger charge is 2.15. The van der Waals surface area contributed by atoms with Crippen LogP contribution in [0.3, 0.4) is 0 Å². The first-order valence-corrected chi connectivity index (χ1v) is 5.83. The normalized spacial score (nSPS) is 12.9. The first-order chi connectivity index (χ1) is 7.19. The van der Waals surface area contributed by atoms with E-state index in [2.05, 4.69) is 34.0 Å². The molecule has 4 heteroatoms. The number of para-hydroxylation sites is 1. The zero-order valence-electron chi connectivity index (χ0n) is 9.16. The Labute approximate surface area is 104 Å². The molecule has 1 N–H and O–H groups in total. The van der Waals surface area contributed by atoms with Gasteiger partial charge in [0, 0.05) is 23.5 Å². The Morgan fingerprint density at radius 3 is 2.33 bits per heavy atom. The van der Waals surface area contributed by atoms with Gasteiger partial charge in [0.25, 0.3) is 0 Å². The van der Waals surface area contributed by atoms with Crippen molar-refractivity contribution in [1.82, 2.24) is 0 Å². The predicted molar refractivity (Wildman–Crippen MR) is 70.0 cm³/mol. The summed E-state index contributed by atoms with van der Waals surface area (Å²) in [6.07, 6.45) is -0.235. The van der Waals surface area contributed by atoms with Crippen molar-refractivity contribution in [1.29, 1.82) is 0 Å². The molecule has 1 aromatic rings. The average molecular weight is 321 g/mol. The smallest absolute Gasteiger partial charge is 0.176 e. The Morgan fingerprint density at radius 2 is 1.80 bits per heavy atom. The molecular weight excluding hydrogens is 305 g/mol. The van der Waals surface area contributed by atoms with E-state index in [0.29, 0.717) is 0 Å². The van der Waals surface area contributed by atoms with E-state index in [1.54, 1.807) is 14.2 Å². The SMILES string of the molecule is COC(OC)C(C)Nc1ccccc1I. The van der Waals surface area contributed by atoms with Crippen LogP contribution >= 0.6 is 22.6 Å². The van der Waals surface area contributed by atoms with E-state index in [-0.39, 0.29) is 12.3 Å². The predicted octanol–water partition coefficient (Wildman–Crippen LogP) is 2.71. The third-order valence-corrected chi connectivity index (χ3v) is 3.07. The third kappa shape index (κ3) is 3.62. The molecule has 1 unspecified atom stereocenters. The van der Waals surface area contributed by atoms with E-state index in [1.807, 2.05) is 25.1 Å². The quantitative estimate of drug-likeness (QED) is 0.668. The Balaban J connectivity index is 2.65. The van der Waals surface area contributed by atoms with Crippen molar-refractivity contribution in [3.63, 3.8) is 0 Å². The Morgan fingerprint density at radius 1 is 1.20 bits per heavy atom. The first-order valence-electron chi connectivity index (χ1n) is 4.75. The maximum atomic E-state index is 5.19. The highest BCUT2D eigenvalue weighted by molar-refractivity contribution is 14.1. The van der Waals surface area contributed by atoms with Crippen molar-refractivity contribution in [3.05, 3.63) is 27.8 Å². The molecule has 0 amide bonds. The number of benzene rings is 1. The van der Waals surface area contributed by atoms with Gasteiger partial charge in [-0.25, -0.2) is 0 Å². The second-order valence-electron chi connectivity index (χ2n) is 3.25. The number of ether oxygens (including phenoxy) is 2. The molecule has 15 heavy (non-hydrogen) atoms. The van der Waals surface area contributed by atoms with Crippen molar-refractivity contribution < 1.29 is 9.47 Å². The van der Waals surface area contributed by atoms with E-state index >= 15 is 0 Å². The van der Waals surface area contributed by atoms with Gasteiger partial charge in [0.1, 0.15) is 0 Å². The van der Waals surface area contributed by atoms with Gasteiger partial charge in [0.05, 0.1) is 6.04 Å². The van der Waals surface area contributed by atoms with Crippen LogP contribution in [-0.2, 0) is 9.47 Å². The second-order valence-corrected chi connectivity index (χ2v) is 4.41. The summed E-state index contributed by atoms with van der Waals surface area (Å²) in [6.45, 7) is 2.03. The van der Waals surface area contributed by atoms with Gasteiger partial charge < -0.3 is 14.8 Å². The maximum Gasteiger partial charge on any atom is 0.176 e. The van der Waals surface area contributed by atoms with Crippen LogP contribution in [-0.4, -0.2) is 26.6 Å². The van der Waals surface area contributed by atoms with Crippen molar-refractivity contribution in [3.8, 4) is 0 Å². The third-order valence-electron chi connectivity index (χ3n) is 2.13. The number of anilines is 1. The van der Waals surface area contributed by atoms with Gasteiger partial charge in [-0.05, 0) is 41.6 Å². The van der Waals surface area contributed by atoms with Crippen molar-refractivity contribution >= 4 is 28.3 Å². The molecule has 0 spiro atoms. The number of methoxy groups -OCH3 is 2. The molecular formula is C11H16INO2. The molecule has 0 radical (unpaired) electrons. The number of hydrogen-bond acceptors (Lipinski definition) is 3. The lowest BCUT2D eigenvalue weighted by Gasteiger charge is -2.23. The fraction of sp³-hybridized carbons (Fsp3) is 0.455. The minimum absolute atomic E-state index is 0.107. The zero-order valence-corrected chi connectivity index (χ0v) is 11.3. The minimum Gasteiger partial charge on any atom is -0.377 e. The number of halogens is 1. The fourth-order valence-corrected chi connectivity index (χ4v) is 1.94. The maximum absolute atomic E-state index is 5.19. The fourth-order valence-electron chi connectivity index (χ4n) is 1.40. The highest BCUT2D eigenvalue weighted by atomic mass is 127. The Kier molecular flexibility index (Phi) is 5.35. The molecule has 0 fully saturated rings. The molecule has 0 aromatic heterocycles. The van der Waals surface area contributed by atoms with Gasteiger partial charge in [0.2, 0.25) is 0 Å². The van der Waals surface area contributed by atoms with Gasteiger partial charge in [-0.15, -0.1) is 0 Å². The zero-order chi connectivity index (χ0) is 11.3. The van der Waals surface area contributed by atoms with E-state index < -0.39 is 0 Å². The molecule has 0 saturated heterocycles. The highest BCUT2D eigenvalue weighted by Crippen LogP contribution is 2.18. The van der Waals surface area contributed by atoms with Crippen LogP contribution < -0.4 is 5.32 Å². The molecule has 0 saturated carbocycles. The molecule has 3 nitrogen and oxygen atoms in total. The molecule has 0 aliphatic heterocycles. The van der Waals surface area contributed by atoms with Crippen LogP contribution in [0.15, 0.2) is 24.3 Å².